The predicted molar refractivity (Wildman–Crippen MR) is 70.4 cm³/mol. The molecule has 8 nitrogen and oxygen atoms in total. The molecule has 0 aliphatic heterocycles. The number of sulfonamides is 1. The number of benzene rings is 1. The van der Waals surface area contributed by atoms with Gasteiger partial charge in [0.15, 0.2) is 0 Å². The summed E-state index contributed by atoms with van der Waals surface area (Å²) in [6, 6.07) is 4.70. The molecule has 0 spiro atoms. The fraction of sp³-hybridized carbons (Fsp3) is 0.182. The largest absolute Gasteiger partial charge is 0.283 e. The fourth-order valence-electron chi connectivity index (χ4n) is 1.56. The van der Waals surface area contributed by atoms with E-state index in [0.717, 1.165) is 23.4 Å². The van der Waals surface area contributed by atoms with Crippen molar-refractivity contribution in [1.29, 1.82) is 0 Å². The van der Waals surface area contributed by atoms with Crippen LogP contribution in [0.1, 0.15) is 11.3 Å². The van der Waals surface area contributed by atoms with Crippen molar-refractivity contribution < 1.29 is 13.3 Å². The molecule has 0 atom stereocenters. The summed E-state index contributed by atoms with van der Waals surface area (Å²) in [5.41, 5.74) is 1.35. The normalized spacial score (nSPS) is 11.4. The lowest BCUT2D eigenvalue weighted by Gasteiger charge is -2.06. The second kappa shape index (κ2) is 5.39. The summed E-state index contributed by atoms with van der Waals surface area (Å²) in [6.07, 6.45) is 1.54. The average Bonchev–Trinajstić information content (AvgIpc) is 2.82. The molecule has 1 aromatic carbocycles. The highest BCUT2D eigenvalue weighted by Crippen LogP contribution is 2.16. The highest BCUT2D eigenvalue weighted by Gasteiger charge is 2.16. The molecular formula is C11H12N4O4S. The number of nitro benzene ring substituents is 1. The first-order valence-electron chi connectivity index (χ1n) is 5.63. The minimum Gasteiger partial charge on any atom is -0.283 e. The molecule has 0 aliphatic rings. The van der Waals surface area contributed by atoms with Gasteiger partial charge in [0.05, 0.1) is 16.0 Å². The van der Waals surface area contributed by atoms with Crippen LogP contribution >= 0.6 is 0 Å². The van der Waals surface area contributed by atoms with Gasteiger partial charge in [-0.2, -0.15) is 5.10 Å². The van der Waals surface area contributed by atoms with Crippen LogP contribution in [-0.2, 0) is 16.6 Å². The van der Waals surface area contributed by atoms with Crippen LogP contribution in [-0.4, -0.2) is 23.5 Å². The Morgan fingerprint density at radius 3 is 2.50 bits per heavy atom. The highest BCUT2D eigenvalue weighted by molar-refractivity contribution is 7.89. The Morgan fingerprint density at radius 2 is 2.00 bits per heavy atom. The van der Waals surface area contributed by atoms with Gasteiger partial charge in [0.25, 0.3) is 5.69 Å². The van der Waals surface area contributed by atoms with E-state index in [1.165, 1.54) is 18.3 Å². The lowest BCUT2D eigenvalue weighted by atomic mass is 10.3. The number of H-pyrrole nitrogens is 1. The van der Waals surface area contributed by atoms with Crippen LogP contribution in [0.15, 0.2) is 35.4 Å². The second-order valence-electron chi connectivity index (χ2n) is 4.10. The van der Waals surface area contributed by atoms with Gasteiger partial charge in [0.2, 0.25) is 10.0 Å². The summed E-state index contributed by atoms with van der Waals surface area (Å²) in [4.78, 5) is 9.90. The van der Waals surface area contributed by atoms with Crippen molar-refractivity contribution in [3.8, 4) is 0 Å². The molecule has 106 valence electrons. The lowest BCUT2D eigenvalue weighted by molar-refractivity contribution is -0.384. The quantitative estimate of drug-likeness (QED) is 0.632. The van der Waals surface area contributed by atoms with Gasteiger partial charge < -0.3 is 0 Å². The molecule has 20 heavy (non-hydrogen) atoms. The second-order valence-corrected chi connectivity index (χ2v) is 5.86. The third-order valence-corrected chi connectivity index (χ3v) is 4.16. The minimum absolute atomic E-state index is 0.0238. The monoisotopic (exact) mass is 296 g/mol. The van der Waals surface area contributed by atoms with Crippen molar-refractivity contribution >= 4 is 15.7 Å². The first kappa shape index (κ1) is 14.2. The van der Waals surface area contributed by atoms with Crippen LogP contribution in [0.5, 0.6) is 0 Å². The molecular weight excluding hydrogens is 284 g/mol. The van der Waals surface area contributed by atoms with Gasteiger partial charge in [0, 0.05) is 29.9 Å². The van der Waals surface area contributed by atoms with Gasteiger partial charge >= 0.3 is 0 Å². The molecule has 0 saturated heterocycles. The van der Waals surface area contributed by atoms with E-state index in [4.69, 9.17) is 0 Å². The van der Waals surface area contributed by atoms with Crippen LogP contribution in [0.4, 0.5) is 5.69 Å². The van der Waals surface area contributed by atoms with Crippen molar-refractivity contribution in [3.63, 3.8) is 0 Å². The van der Waals surface area contributed by atoms with Gasteiger partial charge in [0.1, 0.15) is 0 Å². The minimum atomic E-state index is -3.71. The molecule has 0 unspecified atom stereocenters. The summed E-state index contributed by atoms with van der Waals surface area (Å²) < 4.78 is 26.4. The number of aromatic nitrogens is 2. The summed E-state index contributed by atoms with van der Waals surface area (Å²) in [5.74, 6) is 0. The van der Waals surface area contributed by atoms with Gasteiger partial charge in [-0.15, -0.1) is 0 Å². The van der Waals surface area contributed by atoms with Crippen LogP contribution < -0.4 is 4.72 Å². The highest BCUT2D eigenvalue weighted by atomic mass is 32.2. The molecule has 9 heteroatoms. The molecule has 2 N–H and O–H groups in total. The number of nitrogens with one attached hydrogen (secondary N) is 2. The number of hydrogen-bond donors (Lipinski definition) is 2. The van der Waals surface area contributed by atoms with E-state index in [9.17, 15) is 18.5 Å². The maximum Gasteiger partial charge on any atom is 0.269 e. The number of nitrogens with zero attached hydrogens (tertiary/aromatic N) is 2. The van der Waals surface area contributed by atoms with E-state index in [-0.39, 0.29) is 17.1 Å². The van der Waals surface area contributed by atoms with Gasteiger partial charge in [-0.05, 0) is 19.1 Å². The first-order chi connectivity index (χ1) is 9.40. The summed E-state index contributed by atoms with van der Waals surface area (Å²) in [5, 5.41) is 17.0. The zero-order valence-electron chi connectivity index (χ0n) is 10.5. The maximum atomic E-state index is 12.0. The molecule has 0 radical (unpaired) electrons. The molecule has 2 rings (SSSR count). The van der Waals surface area contributed by atoms with Crippen LogP contribution in [0, 0.1) is 17.0 Å². The first-order valence-corrected chi connectivity index (χ1v) is 7.11. The Balaban J connectivity index is 2.14. The van der Waals surface area contributed by atoms with E-state index in [0.29, 0.717) is 0 Å². The summed E-state index contributed by atoms with van der Waals surface area (Å²) >= 11 is 0. The predicted octanol–water partition coefficient (Wildman–Crippen LogP) is 1.10. The Kier molecular flexibility index (Phi) is 3.81. The number of aryl methyl sites for hydroxylation is 1. The van der Waals surface area contributed by atoms with Gasteiger partial charge in [-0.3, -0.25) is 15.2 Å². The Morgan fingerprint density at radius 1 is 1.35 bits per heavy atom. The van der Waals surface area contributed by atoms with E-state index in [1.807, 2.05) is 0 Å². The van der Waals surface area contributed by atoms with Gasteiger partial charge in [-0.25, -0.2) is 13.1 Å². The zero-order valence-corrected chi connectivity index (χ0v) is 11.3. The number of aromatic amines is 1. The van der Waals surface area contributed by atoms with E-state index in [1.54, 1.807) is 6.92 Å². The number of hydrogen-bond acceptors (Lipinski definition) is 5. The van der Waals surface area contributed by atoms with E-state index >= 15 is 0 Å². The van der Waals surface area contributed by atoms with Crippen LogP contribution in [0.2, 0.25) is 0 Å². The summed E-state index contributed by atoms with van der Waals surface area (Å²) in [6.45, 7) is 1.88. The Labute approximate surface area is 115 Å². The number of nitro groups is 1. The molecule has 1 heterocycles. The van der Waals surface area contributed by atoms with E-state index in [2.05, 4.69) is 14.9 Å². The third-order valence-electron chi connectivity index (χ3n) is 2.74. The smallest absolute Gasteiger partial charge is 0.269 e. The van der Waals surface area contributed by atoms with Gasteiger partial charge in [-0.1, -0.05) is 0 Å². The van der Waals surface area contributed by atoms with Crippen LogP contribution in [0.25, 0.3) is 0 Å². The molecule has 0 bridgehead atoms. The maximum absolute atomic E-state index is 12.0. The third kappa shape index (κ3) is 3.00. The van der Waals surface area contributed by atoms with Crippen LogP contribution in [0.3, 0.4) is 0 Å². The van der Waals surface area contributed by atoms with Crippen molar-refractivity contribution in [2.24, 2.45) is 0 Å². The number of non-ortho nitro benzene ring substituents is 1. The topological polar surface area (TPSA) is 118 Å². The number of rotatable bonds is 5. The van der Waals surface area contributed by atoms with E-state index < -0.39 is 14.9 Å². The molecule has 1 aromatic heterocycles. The van der Waals surface area contributed by atoms with Crippen molar-refractivity contribution in [1.82, 2.24) is 14.9 Å². The molecule has 2 aromatic rings. The van der Waals surface area contributed by atoms with Crippen molar-refractivity contribution in [2.45, 2.75) is 18.4 Å². The standard InChI is InChI=1S/C11H12N4O4S/c1-8-9(6-12-14-8)7-13-20(18,19)11-4-2-10(3-5-11)15(16)17/h2-6,13H,7H2,1H3,(H,12,14). The summed E-state index contributed by atoms with van der Waals surface area (Å²) in [7, 11) is -3.71. The van der Waals surface area contributed by atoms with Crippen molar-refractivity contribution in [3.05, 3.63) is 51.8 Å². The molecule has 0 aliphatic carbocycles. The Hall–Kier alpha value is -2.26. The average molecular weight is 296 g/mol. The molecule has 0 fully saturated rings. The van der Waals surface area contributed by atoms with Crippen molar-refractivity contribution in [2.75, 3.05) is 0 Å². The lowest BCUT2D eigenvalue weighted by Crippen LogP contribution is -2.23. The zero-order chi connectivity index (χ0) is 14.8. The molecule has 0 saturated carbocycles. The molecule has 0 amide bonds. The fourth-order valence-corrected chi connectivity index (χ4v) is 2.56. The Bertz CT molecular complexity index is 721. The SMILES string of the molecule is Cc1[nH]ncc1CNS(=O)(=O)c1ccc([N+](=O)[O-])cc1.